The van der Waals surface area contributed by atoms with Gasteiger partial charge in [-0.1, -0.05) is 48.0 Å². The number of unbranched alkanes of at least 4 members (excludes halogenated alkanes) is 1. The zero-order chi connectivity index (χ0) is 31.6. The first-order chi connectivity index (χ1) is 18.5. The van der Waals surface area contributed by atoms with E-state index in [2.05, 4.69) is 13.8 Å². The predicted octanol–water partition coefficient (Wildman–Crippen LogP) is 8.02. The molecule has 1 rings (SSSR count). The summed E-state index contributed by atoms with van der Waals surface area (Å²) >= 11 is 0. The Labute approximate surface area is 237 Å². The standard InChI is InChI=1S/C19H28O2.C10H18O2.C2HF3O2/c1-6-9-10-16-12-18(19(21)13(4)7-2)17(14(5)20)11-15(16)8-3;1-4-5-10(12)7-6-8(2)9(3)11;3-2(4,5)1(6)7/h11-13H,6-10H2,1-5H3;8H,4-7H2,1-3H3;(H,6,7). The second kappa shape index (κ2) is 20.1. The summed E-state index contributed by atoms with van der Waals surface area (Å²) in [4.78, 5) is 55.3. The number of carboxylic acid groups (broad SMARTS) is 1. The van der Waals surface area contributed by atoms with Crippen molar-refractivity contribution in [2.75, 3.05) is 0 Å². The van der Waals surface area contributed by atoms with E-state index in [0.29, 0.717) is 30.4 Å². The number of alkyl halides is 3. The molecule has 2 atom stereocenters. The first kappa shape index (κ1) is 39.3. The number of ketones is 4. The van der Waals surface area contributed by atoms with Crippen molar-refractivity contribution in [3.63, 3.8) is 0 Å². The van der Waals surface area contributed by atoms with E-state index in [4.69, 9.17) is 9.90 Å². The molecule has 9 heteroatoms. The maximum absolute atomic E-state index is 12.6. The Hall–Kier alpha value is -2.84. The molecule has 0 heterocycles. The Morgan fingerprint density at radius 1 is 0.825 bits per heavy atom. The number of halogens is 3. The number of carbonyl (C=O) groups is 5. The van der Waals surface area contributed by atoms with Crippen LogP contribution in [-0.2, 0) is 27.2 Å². The smallest absolute Gasteiger partial charge is 0.475 e. The molecule has 0 fully saturated rings. The summed E-state index contributed by atoms with van der Waals surface area (Å²) in [5, 5.41) is 7.12. The topological polar surface area (TPSA) is 106 Å². The molecular weight excluding hydrogens is 525 g/mol. The number of carboxylic acids is 1. The Balaban J connectivity index is 0. The van der Waals surface area contributed by atoms with Crippen LogP contribution in [0.2, 0.25) is 0 Å². The highest BCUT2D eigenvalue weighted by atomic mass is 19.4. The van der Waals surface area contributed by atoms with Crippen molar-refractivity contribution in [3.05, 3.63) is 34.4 Å². The average Bonchev–Trinajstić information content (AvgIpc) is 2.89. The maximum Gasteiger partial charge on any atom is 0.490 e. The number of carbonyl (C=O) groups excluding carboxylic acids is 4. The van der Waals surface area contributed by atoms with Crippen LogP contribution in [0.1, 0.15) is 132 Å². The van der Waals surface area contributed by atoms with E-state index in [1.165, 1.54) is 11.1 Å². The van der Waals surface area contributed by atoms with E-state index in [1.54, 1.807) is 13.8 Å². The highest BCUT2D eigenvalue weighted by Crippen LogP contribution is 2.24. The normalized spacial score (nSPS) is 12.2. The lowest BCUT2D eigenvalue weighted by molar-refractivity contribution is -0.192. The molecule has 0 radical (unpaired) electrons. The van der Waals surface area contributed by atoms with Crippen molar-refractivity contribution in [2.24, 2.45) is 11.8 Å². The highest BCUT2D eigenvalue weighted by molar-refractivity contribution is 6.09. The third-order valence-electron chi connectivity index (χ3n) is 6.55. The van der Waals surface area contributed by atoms with Gasteiger partial charge in [0, 0.05) is 35.8 Å². The van der Waals surface area contributed by atoms with E-state index in [9.17, 15) is 32.3 Å². The fourth-order valence-electron chi connectivity index (χ4n) is 3.55. The molecule has 1 aromatic carbocycles. The first-order valence-electron chi connectivity index (χ1n) is 14.0. The van der Waals surface area contributed by atoms with Gasteiger partial charge in [0.15, 0.2) is 11.6 Å². The molecule has 6 nitrogen and oxygen atoms in total. The van der Waals surface area contributed by atoms with Crippen LogP contribution in [0.5, 0.6) is 0 Å². The summed E-state index contributed by atoms with van der Waals surface area (Å²) in [7, 11) is 0. The Morgan fingerprint density at radius 2 is 1.35 bits per heavy atom. The minimum atomic E-state index is -5.08. The summed E-state index contributed by atoms with van der Waals surface area (Å²) in [5.41, 5.74) is 3.66. The molecule has 0 bridgehead atoms. The maximum atomic E-state index is 12.6. The molecule has 0 spiro atoms. The third kappa shape index (κ3) is 15.7. The SMILES string of the molecule is CCCC(=O)CCC(C)C(C)=O.CCCCc1cc(C(=O)C(C)CC)c(C(C)=O)cc1CC.O=C(O)C(F)(F)F. The second-order valence-electron chi connectivity index (χ2n) is 10.00. The summed E-state index contributed by atoms with van der Waals surface area (Å²) < 4.78 is 31.7. The molecule has 0 saturated carbocycles. The molecule has 2 unspecified atom stereocenters. The number of hydrogen-bond donors (Lipinski definition) is 1. The summed E-state index contributed by atoms with van der Waals surface area (Å²) in [6.45, 7) is 15.2. The van der Waals surface area contributed by atoms with Crippen LogP contribution in [0, 0.1) is 11.8 Å². The number of aliphatic carboxylic acids is 1. The van der Waals surface area contributed by atoms with Crippen LogP contribution >= 0.6 is 0 Å². The van der Waals surface area contributed by atoms with Gasteiger partial charge in [0.1, 0.15) is 11.6 Å². The minimum Gasteiger partial charge on any atom is -0.475 e. The molecule has 0 aliphatic heterocycles. The molecule has 0 amide bonds. The Morgan fingerprint density at radius 3 is 1.73 bits per heavy atom. The molecular formula is C31H47F3O6. The zero-order valence-corrected chi connectivity index (χ0v) is 25.3. The molecule has 1 aromatic rings. The third-order valence-corrected chi connectivity index (χ3v) is 6.55. The second-order valence-corrected chi connectivity index (χ2v) is 10.00. The van der Waals surface area contributed by atoms with Gasteiger partial charge in [0.05, 0.1) is 0 Å². The van der Waals surface area contributed by atoms with E-state index in [1.807, 2.05) is 39.8 Å². The lowest BCUT2D eigenvalue weighted by atomic mass is 9.87. The van der Waals surface area contributed by atoms with Crippen molar-refractivity contribution >= 4 is 29.1 Å². The quantitative estimate of drug-likeness (QED) is 0.226. The van der Waals surface area contributed by atoms with Crippen molar-refractivity contribution < 1.29 is 42.3 Å². The first-order valence-corrected chi connectivity index (χ1v) is 14.0. The van der Waals surface area contributed by atoms with E-state index >= 15 is 0 Å². The van der Waals surface area contributed by atoms with Crippen LogP contribution in [0.25, 0.3) is 0 Å². The van der Waals surface area contributed by atoms with Crippen molar-refractivity contribution in [1.29, 1.82) is 0 Å². The lowest BCUT2D eigenvalue weighted by Gasteiger charge is -2.16. The van der Waals surface area contributed by atoms with Gasteiger partial charge in [0.2, 0.25) is 0 Å². The number of hydrogen-bond acceptors (Lipinski definition) is 5. The van der Waals surface area contributed by atoms with Crippen LogP contribution < -0.4 is 0 Å². The number of benzene rings is 1. The van der Waals surface area contributed by atoms with Gasteiger partial charge in [0.25, 0.3) is 0 Å². The minimum absolute atomic E-state index is 0.0154. The largest absolute Gasteiger partial charge is 0.490 e. The molecule has 0 aliphatic rings. The van der Waals surface area contributed by atoms with Gasteiger partial charge in [-0.3, -0.25) is 19.2 Å². The van der Waals surface area contributed by atoms with Gasteiger partial charge in [-0.2, -0.15) is 13.2 Å². The molecule has 0 aromatic heterocycles. The van der Waals surface area contributed by atoms with Gasteiger partial charge in [-0.15, -0.1) is 0 Å². The molecule has 40 heavy (non-hydrogen) atoms. The van der Waals surface area contributed by atoms with Crippen LogP contribution in [0.4, 0.5) is 13.2 Å². The van der Waals surface area contributed by atoms with Crippen molar-refractivity contribution in [3.8, 4) is 0 Å². The van der Waals surface area contributed by atoms with Crippen LogP contribution in [0.15, 0.2) is 12.1 Å². The molecule has 228 valence electrons. The fourth-order valence-corrected chi connectivity index (χ4v) is 3.55. The average molecular weight is 573 g/mol. The van der Waals surface area contributed by atoms with E-state index in [-0.39, 0.29) is 35.0 Å². The van der Waals surface area contributed by atoms with Gasteiger partial charge in [-0.05, 0) is 75.6 Å². The van der Waals surface area contributed by atoms with Crippen molar-refractivity contribution in [2.45, 2.75) is 119 Å². The summed E-state index contributed by atoms with van der Waals surface area (Å²) in [6.07, 6.45) is 2.70. The molecule has 0 saturated heterocycles. The predicted molar refractivity (Wildman–Crippen MR) is 151 cm³/mol. The number of Topliss-reactive ketones (excluding diaryl/α,β-unsaturated/α-hetero) is 4. The van der Waals surface area contributed by atoms with Gasteiger partial charge < -0.3 is 5.11 Å². The Kier molecular flexibility index (Phi) is 19.7. The molecule has 0 aliphatic carbocycles. The van der Waals surface area contributed by atoms with Crippen LogP contribution in [0.3, 0.4) is 0 Å². The zero-order valence-electron chi connectivity index (χ0n) is 25.3. The Bertz CT molecular complexity index is 982. The summed E-state index contributed by atoms with van der Waals surface area (Å²) in [6, 6.07) is 3.93. The number of aryl methyl sites for hydroxylation is 2. The lowest BCUT2D eigenvalue weighted by Crippen LogP contribution is -2.21. The van der Waals surface area contributed by atoms with E-state index in [0.717, 1.165) is 38.5 Å². The van der Waals surface area contributed by atoms with Gasteiger partial charge >= 0.3 is 12.1 Å². The molecule has 1 N–H and O–H groups in total. The fraction of sp³-hybridized carbons (Fsp3) is 0.645. The highest BCUT2D eigenvalue weighted by Gasteiger charge is 2.38. The summed E-state index contributed by atoms with van der Waals surface area (Å²) in [5.74, 6) is -2.20. The van der Waals surface area contributed by atoms with Crippen molar-refractivity contribution in [1.82, 2.24) is 0 Å². The number of rotatable bonds is 14. The monoisotopic (exact) mass is 572 g/mol. The van der Waals surface area contributed by atoms with Gasteiger partial charge in [-0.25, -0.2) is 4.79 Å². The van der Waals surface area contributed by atoms with Crippen LogP contribution in [-0.4, -0.2) is 40.4 Å². The van der Waals surface area contributed by atoms with E-state index < -0.39 is 12.1 Å².